The molecule has 0 heterocycles. The molecule has 2 aromatic rings. The molecule has 9 heteroatoms. The topological polar surface area (TPSA) is 105 Å². The first-order valence-corrected chi connectivity index (χ1v) is 10.4. The molecule has 0 radical (unpaired) electrons. The summed E-state index contributed by atoms with van der Waals surface area (Å²) in [5, 5.41) is 16.4. The number of anilines is 1. The third kappa shape index (κ3) is 6.50. The lowest BCUT2D eigenvalue weighted by Crippen LogP contribution is -2.42. The minimum absolute atomic E-state index is 0.0453. The van der Waals surface area contributed by atoms with E-state index in [0.29, 0.717) is 36.4 Å². The first-order chi connectivity index (χ1) is 14.6. The predicted molar refractivity (Wildman–Crippen MR) is 122 cm³/mol. The molecular formula is C22H27ClN4O4. The van der Waals surface area contributed by atoms with E-state index in [-0.39, 0.29) is 22.2 Å². The van der Waals surface area contributed by atoms with Gasteiger partial charge in [-0.25, -0.2) is 0 Å². The summed E-state index contributed by atoms with van der Waals surface area (Å²) in [5.74, 6) is -0.871. The number of nitro groups is 1. The second kappa shape index (κ2) is 10.9. The summed E-state index contributed by atoms with van der Waals surface area (Å²) in [6.07, 6.45) is 0. The van der Waals surface area contributed by atoms with Crippen molar-refractivity contribution < 1.29 is 14.5 Å². The number of benzene rings is 2. The van der Waals surface area contributed by atoms with E-state index in [0.717, 1.165) is 6.07 Å². The van der Waals surface area contributed by atoms with E-state index in [1.807, 2.05) is 0 Å². The van der Waals surface area contributed by atoms with Crippen molar-refractivity contribution in [3.8, 4) is 0 Å². The highest BCUT2D eigenvalue weighted by molar-refractivity contribution is 6.34. The smallest absolute Gasteiger partial charge is 0.270 e. The normalized spacial score (nSPS) is 11.1. The molecule has 2 aromatic carbocycles. The molecule has 0 saturated carbocycles. The first-order valence-electron chi connectivity index (χ1n) is 10.00. The number of nitrogens with zero attached hydrogens (tertiary/aromatic N) is 2. The third-order valence-corrected chi connectivity index (χ3v) is 5.12. The zero-order chi connectivity index (χ0) is 23.1. The summed E-state index contributed by atoms with van der Waals surface area (Å²) in [4.78, 5) is 37.9. The first kappa shape index (κ1) is 24.3. The van der Waals surface area contributed by atoms with Crippen molar-refractivity contribution in [2.75, 3.05) is 18.4 Å². The second-order valence-corrected chi connectivity index (χ2v) is 8.01. The molecule has 2 N–H and O–H groups in total. The number of carbonyl (C=O) groups excluding carboxylic acids is 2. The fourth-order valence-electron chi connectivity index (χ4n) is 3.29. The minimum Gasteiger partial charge on any atom is -0.351 e. The highest BCUT2D eigenvalue weighted by Gasteiger charge is 2.18. The molecule has 2 rings (SSSR count). The van der Waals surface area contributed by atoms with E-state index < -0.39 is 10.8 Å². The van der Waals surface area contributed by atoms with Crippen LogP contribution in [0.25, 0.3) is 0 Å². The Bertz CT molecular complexity index is 954. The lowest BCUT2D eigenvalue weighted by atomic mass is 10.1. The zero-order valence-corrected chi connectivity index (χ0v) is 18.8. The molecule has 8 nitrogen and oxygen atoms in total. The number of nitro benzene ring substituents is 1. The number of carbonyl (C=O) groups is 2. The third-order valence-electron chi connectivity index (χ3n) is 4.81. The maximum absolute atomic E-state index is 12.7. The molecule has 0 atom stereocenters. The van der Waals surface area contributed by atoms with Crippen molar-refractivity contribution in [2.45, 2.75) is 39.8 Å². The van der Waals surface area contributed by atoms with Crippen LogP contribution in [0, 0.1) is 10.1 Å². The Balaban J connectivity index is 2.10. The molecule has 0 aliphatic rings. The molecule has 0 spiro atoms. The summed E-state index contributed by atoms with van der Waals surface area (Å²) in [7, 11) is 0. The van der Waals surface area contributed by atoms with Gasteiger partial charge in [0.15, 0.2) is 0 Å². The Kier molecular flexibility index (Phi) is 8.53. The van der Waals surface area contributed by atoms with Crippen molar-refractivity contribution in [2.24, 2.45) is 0 Å². The lowest BCUT2D eigenvalue weighted by Gasteiger charge is -2.30. The molecule has 0 aliphatic carbocycles. The van der Waals surface area contributed by atoms with Gasteiger partial charge in [-0.1, -0.05) is 23.7 Å². The Labute approximate surface area is 186 Å². The van der Waals surface area contributed by atoms with Gasteiger partial charge in [0, 0.05) is 37.3 Å². The molecule has 2 amide bonds. The van der Waals surface area contributed by atoms with E-state index in [4.69, 9.17) is 11.6 Å². The van der Waals surface area contributed by atoms with Crippen LogP contribution < -0.4 is 10.6 Å². The Morgan fingerprint density at radius 2 is 1.68 bits per heavy atom. The highest BCUT2D eigenvalue weighted by atomic mass is 35.5. The molecule has 166 valence electrons. The van der Waals surface area contributed by atoms with Crippen molar-refractivity contribution in [3.05, 3.63) is 68.7 Å². The molecule has 0 aliphatic heterocycles. The number of amides is 2. The Morgan fingerprint density at radius 3 is 2.26 bits per heavy atom. The average Bonchev–Trinajstić information content (AvgIpc) is 2.70. The molecule has 0 bridgehead atoms. The molecule has 0 unspecified atom stereocenters. The van der Waals surface area contributed by atoms with Crippen molar-refractivity contribution in [1.29, 1.82) is 0 Å². The Hall–Kier alpha value is -2.97. The summed E-state index contributed by atoms with van der Waals surface area (Å²) >= 11 is 6.04. The summed E-state index contributed by atoms with van der Waals surface area (Å²) in [5.41, 5.74) is 0.503. The van der Waals surface area contributed by atoms with Crippen LogP contribution in [0.2, 0.25) is 5.02 Å². The fraction of sp³-hybridized carbons (Fsp3) is 0.364. The van der Waals surface area contributed by atoms with Crippen LogP contribution in [-0.2, 0) is 0 Å². The van der Waals surface area contributed by atoms with Gasteiger partial charge in [-0.15, -0.1) is 0 Å². The largest absolute Gasteiger partial charge is 0.351 e. The maximum Gasteiger partial charge on any atom is 0.270 e. The van der Waals surface area contributed by atoms with E-state index in [9.17, 15) is 19.7 Å². The molecule has 0 saturated heterocycles. The SMILES string of the molecule is CC(C)N(CCNC(=O)c1ccccc1NC(=O)c1ccc([N+](=O)[O-])cc1Cl)C(C)C. The second-order valence-electron chi connectivity index (χ2n) is 7.60. The van der Waals surface area contributed by atoms with Crippen LogP contribution in [0.3, 0.4) is 0 Å². The number of halogens is 1. The summed E-state index contributed by atoms with van der Waals surface area (Å²) in [6, 6.07) is 10.9. The number of rotatable bonds is 9. The average molecular weight is 447 g/mol. The van der Waals surface area contributed by atoms with Crippen LogP contribution in [-0.4, -0.2) is 46.8 Å². The maximum atomic E-state index is 12.7. The van der Waals surface area contributed by atoms with Crippen LogP contribution >= 0.6 is 11.6 Å². The van der Waals surface area contributed by atoms with Gasteiger partial charge in [0.05, 0.1) is 26.8 Å². The van der Waals surface area contributed by atoms with E-state index in [1.165, 1.54) is 12.1 Å². The van der Waals surface area contributed by atoms with Gasteiger partial charge in [-0.3, -0.25) is 24.6 Å². The summed E-state index contributed by atoms with van der Waals surface area (Å²) in [6.45, 7) is 9.59. The number of non-ortho nitro benzene ring substituents is 1. The number of hydrogen-bond acceptors (Lipinski definition) is 5. The van der Waals surface area contributed by atoms with Gasteiger partial charge < -0.3 is 10.6 Å². The van der Waals surface area contributed by atoms with E-state index in [2.05, 4.69) is 43.2 Å². The van der Waals surface area contributed by atoms with Gasteiger partial charge >= 0.3 is 0 Å². The number of hydrogen-bond donors (Lipinski definition) is 2. The molecular weight excluding hydrogens is 420 g/mol. The summed E-state index contributed by atoms with van der Waals surface area (Å²) < 4.78 is 0. The van der Waals surface area contributed by atoms with Gasteiger partial charge in [-0.2, -0.15) is 0 Å². The quantitative estimate of drug-likeness (QED) is 0.440. The molecule has 0 fully saturated rings. The van der Waals surface area contributed by atoms with Gasteiger partial charge in [0.25, 0.3) is 17.5 Å². The van der Waals surface area contributed by atoms with Crippen LogP contribution in [0.4, 0.5) is 11.4 Å². The van der Waals surface area contributed by atoms with Gasteiger partial charge in [-0.05, 0) is 45.9 Å². The van der Waals surface area contributed by atoms with Crippen LogP contribution in [0.1, 0.15) is 48.4 Å². The highest BCUT2D eigenvalue weighted by Crippen LogP contribution is 2.24. The molecule has 31 heavy (non-hydrogen) atoms. The number of nitrogens with one attached hydrogen (secondary N) is 2. The van der Waals surface area contributed by atoms with Gasteiger partial charge in [0.1, 0.15) is 0 Å². The lowest BCUT2D eigenvalue weighted by molar-refractivity contribution is -0.384. The molecule has 0 aromatic heterocycles. The van der Waals surface area contributed by atoms with Crippen molar-refractivity contribution in [1.82, 2.24) is 10.2 Å². The van der Waals surface area contributed by atoms with E-state index in [1.54, 1.807) is 24.3 Å². The van der Waals surface area contributed by atoms with Gasteiger partial charge in [0.2, 0.25) is 0 Å². The number of para-hydroxylation sites is 1. The van der Waals surface area contributed by atoms with Crippen molar-refractivity contribution >= 4 is 34.8 Å². The fourth-order valence-corrected chi connectivity index (χ4v) is 3.55. The van der Waals surface area contributed by atoms with Crippen LogP contribution in [0.5, 0.6) is 0 Å². The van der Waals surface area contributed by atoms with Crippen LogP contribution in [0.15, 0.2) is 42.5 Å². The Morgan fingerprint density at radius 1 is 1.03 bits per heavy atom. The monoisotopic (exact) mass is 446 g/mol. The van der Waals surface area contributed by atoms with Crippen molar-refractivity contribution in [3.63, 3.8) is 0 Å². The predicted octanol–water partition coefficient (Wildman–Crippen LogP) is 4.35. The minimum atomic E-state index is -0.590. The van der Waals surface area contributed by atoms with E-state index >= 15 is 0 Å². The standard InChI is InChI=1S/C22H27ClN4O4/c1-14(2)26(15(3)4)12-11-24-21(28)18-7-5-6-8-20(18)25-22(29)17-10-9-16(27(30)31)13-19(17)23/h5-10,13-15H,11-12H2,1-4H3,(H,24,28)(H,25,29). The zero-order valence-electron chi connectivity index (χ0n) is 18.0.